The third-order valence-electron chi connectivity index (χ3n) is 2.47. The Balaban J connectivity index is 3.61. The Morgan fingerprint density at radius 2 is 1.42 bits per heavy atom. The molecule has 0 saturated carbocycles. The van der Waals surface area contributed by atoms with Gasteiger partial charge in [-0.15, -0.1) is 0 Å². The van der Waals surface area contributed by atoms with Crippen molar-refractivity contribution in [1.82, 2.24) is 0 Å². The summed E-state index contributed by atoms with van der Waals surface area (Å²) in [6.07, 6.45) is 2.27. The van der Waals surface area contributed by atoms with Crippen LogP contribution < -0.4 is 0 Å². The molecule has 0 radical (unpaired) electrons. The van der Waals surface area contributed by atoms with Crippen molar-refractivity contribution in [3.8, 4) is 0 Å². The van der Waals surface area contributed by atoms with Crippen molar-refractivity contribution in [2.75, 3.05) is 0 Å². The van der Waals surface area contributed by atoms with Crippen LogP contribution in [0.15, 0.2) is 0 Å². The van der Waals surface area contributed by atoms with Gasteiger partial charge in [0.2, 0.25) is 0 Å². The maximum atomic E-state index is 9.30. The lowest BCUT2D eigenvalue weighted by Gasteiger charge is -2.20. The summed E-state index contributed by atoms with van der Waals surface area (Å²) >= 11 is 0. The molecule has 1 N–H and O–H groups in total. The summed E-state index contributed by atoms with van der Waals surface area (Å²) in [5.74, 6) is 1.97. The molecule has 0 rings (SSSR count). The lowest BCUT2D eigenvalue weighted by Crippen LogP contribution is -2.16. The Bertz CT molecular complexity index is 108. The second kappa shape index (κ2) is 5.58. The molecule has 0 amide bonds. The van der Waals surface area contributed by atoms with E-state index < -0.39 is 0 Å². The van der Waals surface area contributed by atoms with Gasteiger partial charge in [0.25, 0.3) is 0 Å². The Morgan fingerprint density at radius 1 is 0.917 bits per heavy atom. The molecule has 0 aliphatic rings. The van der Waals surface area contributed by atoms with E-state index in [-0.39, 0.29) is 6.10 Å². The molecule has 3 atom stereocenters. The van der Waals surface area contributed by atoms with Crippen LogP contribution in [0, 0.1) is 17.8 Å². The van der Waals surface area contributed by atoms with E-state index in [0.717, 1.165) is 18.3 Å². The first kappa shape index (κ1) is 12.0. The number of aliphatic hydroxyl groups is 1. The minimum absolute atomic E-state index is 0.153. The Labute approximate surface area is 77.2 Å². The number of hydrogen-bond acceptors (Lipinski definition) is 1. The van der Waals surface area contributed by atoms with E-state index in [9.17, 15) is 5.11 Å². The highest BCUT2D eigenvalue weighted by Crippen LogP contribution is 2.21. The smallest absolute Gasteiger partial charge is 0.0537 e. The zero-order valence-electron chi connectivity index (χ0n) is 9.17. The van der Waals surface area contributed by atoms with Gasteiger partial charge in [0.1, 0.15) is 0 Å². The van der Waals surface area contributed by atoms with Crippen molar-refractivity contribution in [2.24, 2.45) is 17.8 Å². The van der Waals surface area contributed by atoms with Gasteiger partial charge in [-0.25, -0.2) is 0 Å². The van der Waals surface area contributed by atoms with Gasteiger partial charge in [-0.2, -0.15) is 0 Å². The standard InChI is InChI=1S/C11H24O/c1-8(2)6-9(3)7-10(4)11(5)12/h8-12H,6-7H2,1-5H3/t9-,10?,11?/m1/s1. The van der Waals surface area contributed by atoms with Crippen molar-refractivity contribution in [2.45, 2.75) is 53.6 Å². The van der Waals surface area contributed by atoms with Crippen LogP contribution in [0.4, 0.5) is 0 Å². The van der Waals surface area contributed by atoms with Crippen molar-refractivity contribution < 1.29 is 5.11 Å². The molecule has 0 aliphatic carbocycles. The summed E-state index contributed by atoms with van der Waals surface area (Å²) in [6, 6.07) is 0. The highest BCUT2D eigenvalue weighted by Gasteiger charge is 2.13. The molecule has 1 heteroatoms. The fraction of sp³-hybridized carbons (Fsp3) is 1.00. The first-order chi connectivity index (χ1) is 5.43. The molecular formula is C11H24O. The zero-order valence-corrected chi connectivity index (χ0v) is 9.17. The van der Waals surface area contributed by atoms with Crippen molar-refractivity contribution >= 4 is 0 Å². The largest absolute Gasteiger partial charge is 0.393 e. The van der Waals surface area contributed by atoms with E-state index in [0.29, 0.717) is 5.92 Å². The first-order valence-electron chi connectivity index (χ1n) is 5.11. The normalized spacial score (nSPS) is 19.2. The molecule has 74 valence electrons. The summed E-state index contributed by atoms with van der Waals surface area (Å²) in [7, 11) is 0. The SMILES string of the molecule is CC(C)C[C@@H](C)CC(C)C(C)O. The van der Waals surface area contributed by atoms with Crippen LogP contribution in [0.1, 0.15) is 47.5 Å². The monoisotopic (exact) mass is 172 g/mol. The van der Waals surface area contributed by atoms with Crippen LogP contribution in [0.3, 0.4) is 0 Å². The molecule has 0 saturated heterocycles. The van der Waals surface area contributed by atoms with Gasteiger partial charge >= 0.3 is 0 Å². The van der Waals surface area contributed by atoms with Gasteiger partial charge in [-0.05, 0) is 37.5 Å². The molecule has 2 unspecified atom stereocenters. The van der Waals surface area contributed by atoms with E-state index in [2.05, 4.69) is 27.7 Å². The summed E-state index contributed by atoms with van der Waals surface area (Å²) in [6.45, 7) is 10.8. The molecular weight excluding hydrogens is 148 g/mol. The predicted molar refractivity (Wildman–Crippen MR) is 54.1 cm³/mol. The summed E-state index contributed by atoms with van der Waals surface area (Å²) in [5, 5.41) is 9.30. The molecule has 0 aromatic rings. The van der Waals surface area contributed by atoms with Crippen LogP contribution in [-0.4, -0.2) is 11.2 Å². The number of rotatable bonds is 5. The van der Waals surface area contributed by atoms with Gasteiger partial charge in [-0.3, -0.25) is 0 Å². The van der Waals surface area contributed by atoms with Gasteiger partial charge in [-0.1, -0.05) is 27.7 Å². The third kappa shape index (κ3) is 5.59. The number of aliphatic hydroxyl groups excluding tert-OH is 1. The second-order valence-corrected chi connectivity index (χ2v) is 4.69. The lowest BCUT2D eigenvalue weighted by atomic mass is 9.88. The molecule has 0 heterocycles. The van der Waals surface area contributed by atoms with Crippen LogP contribution in [0.2, 0.25) is 0 Å². The lowest BCUT2D eigenvalue weighted by molar-refractivity contribution is 0.118. The average molecular weight is 172 g/mol. The Kier molecular flexibility index (Phi) is 5.56. The second-order valence-electron chi connectivity index (χ2n) is 4.69. The predicted octanol–water partition coefficient (Wildman–Crippen LogP) is 3.08. The minimum Gasteiger partial charge on any atom is -0.393 e. The molecule has 0 bridgehead atoms. The maximum Gasteiger partial charge on any atom is 0.0537 e. The summed E-state index contributed by atoms with van der Waals surface area (Å²) in [5.41, 5.74) is 0. The fourth-order valence-corrected chi connectivity index (χ4v) is 1.73. The topological polar surface area (TPSA) is 20.2 Å². The van der Waals surface area contributed by atoms with E-state index in [1.807, 2.05) is 6.92 Å². The molecule has 1 nitrogen and oxygen atoms in total. The zero-order chi connectivity index (χ0) is 9.72. The molecule has 12 heavy (non-hydrogen) atoms. The van der Waals surface area contributed by atoms with Gasteiger partial charge < -0.3 is 5.11 Å². The van der Waals surface area contributed by atoms with Crippen molar-refractivity contribution in [1.29, 1.82) is 0 Å². The van der Waals surface area contributed by atoms with E-state index in [1.54, 1.807) is 0 Å². The molecule has 0 spiro atoms. The van der Waals surface area contributed by atoms with Crippen LogP contribution in [0.5, 0.6) is 0 Å². The van der Waals surface area contributed by atoms with Gasteiger partial charge in [0.05, 0.1) is 6.10 Å². The third-order valence-corrected chi connectivity index (χ3v) is 2.47. The van der Waals surface area contributed by atoms with Crippen LogP contribution in [0.25, 0.3) is 0 Å². The highest BCUT2D eigenvalue weighted by atomic mass is 16.3. The van der Waals surface area contributed by atoms with Crippen LogP contribution >= 0.6 is 0 Å². The molecule has 0 fully saturated rings. The highest BCUT2D eigenvalue weighted by molar-refractivity contribution is 4.64. The molecule has 0 aromatic carbocycles. The first-order valence-corrected chi connectivity index (χ1v) is 5.11. The van der Waals surface area contributed by atoms with E-state index >= 15 is 0 Å². The quantitative estimate of drug-likeness (QED) is 0.675. The Hall–Kier alpha value is -0.0400. The van der Waals surface area contributed by atoms with E-state index in [1.165, 1.54) is 6.42 Å². The summed E-state index contributed by atoms with van der Waals surface area (Å²) < 4.78 is 0. The minimum atomic E-state index is -0.153. The van der Waals surface area contributed by atoms with Crippen molar-refractivity contribution in [3.63, 3.8) is 0 Å². The summed E-state index contributed by atoms with van der Waals surface area (Å²) in [4.78, 5) is 0. The molecule has 0 aromatic heterocycles. The van der Waals surface area contributed by atoms with Gasteiger partial charge in [0, 0.05) is 0 Å². The molecule has 0 aliphatic heterocycles. The average Bonchev–Trinajstić information content (AvgIpc) is 1.84. The van der Waals surface area contributed by atoms with Crippen LogP contribution in [-0.2, 0) is 0 Å². The van der Waals surface area contributed by atoms with Gasteiger partial charge in [0.15, 0.2) is 0 Å². The fourth-order valence-electron chi connectivity index (χ4n) is 1.73. The maximum absolute atomic E-state index is 9.30. The van der Waals surface area contributed by atoms with Crippen molar-refractivity contribution in [3.05, 3.63) is 0 Å². The Morgan fingerprint density at radius 3 is 1.75 bits per heavy atom. The van der Waals surface area contributed by atoms with E-state index in [4.69, 9.17) is 0 Å². The number of hydrogen-bond donors (Lipinski definition) is 1.